The van der Waals surface area contributed by atoms with Gasteiger partial charge in [0, 0.05) is 23.3 Å². The number of amides is 1. The Bertz CT molecular complexity index is 620. The lowest BCUT2D eigenvalue weighted by molar-refractivity contribution is -0.144. The number of Topliss-reactive ketones (excluding diaryl/α,β-unsaturated/α-hetero) is 1. The number of hydrogen-bond acceptors (Lipinski definition) is 5. The first-order valence-electron chi connectivity index (χ1n) is 6.71. The zero-order valence-corrected chi connectivity index (χ0v) is 13.8. The molecule has 1 aliphatic rings. The maximum Gasteiger partial charge on any atom is 0.329 e. The number of fused-ring (bicyclic) bond motifs is 1. The van der Waals surface area contributed by atoms with Crippen molar-refractivity contribution in [1.29, 1.82) is 0 Å². The number of benzene rings is 1. The number of ketones is 1. The molecular weight excluding hydrogens is 326 g/mol. The number of methoxy groups -OCH3 is 1. The molecule has 1 amide bonds. The zero-order chi connectivity index (χ0) is 16.3. The van der Waals surface area contributed by atoms with Crippen LogP contribution in [0.4, 0.5) is 0 Å². The van der Waals surface area contributed by atoms with Crippen molar-refractivity contribution in [1.82, 2.24) is 5.32 Å². The Morgan fingerprint density at radius 3 is 2.86 bits per heavy atom. The normalized spacial score (nSPS) is 17.8. The molecule has 2 unspecified atom stereocenters. The summed E-state index contributed by atoms with van der Waals surface area (Å²) in [5.41, 5.74) is 1.60. The van der Waals surface area contributed by atoms with Gasteiger partial charge in [0.1, 0.15) is 6.04 Å². The summed E-state index contributed by atoms with van der Waals surface area (Å²) in [5.74, 6) is -0.523. The molecule has 1 aromatic rings. The zero-order valence-electron chi connectivity index (χ0n) is 12.2. The number of carbonyl (C=O) groups excluding carboxylic acids is 3. The standard InChI is InChI=1S/C15H16ClNO4S/c1-8(18)17-12(15(20)21-2)7-22-13-6-9-5-10(16)3-4-11(9)14(13)19/h3-5,12-13H,6-7H2,1-2H3,(H,17,18). The maximum absolute atomic E-state index is 12.3. The van der Waals surface area contributed by atoms with Gasteiger partial charge in [-0.05, 0) is 30.2 Å². The Hall–Kier alpha value is -1.53. The molecule has 0 aliphatic heterocycles. The fourth-order valence-corrected chi connectivity index (χ4v) is 3.76. The Morgan fingerprint density at radius 1 is 1.50 bits per heavy atom. The van der Waals surface area contributed by atoms with Crippen LogP contribution in [0, 0.1) is 0 Å². The number of halogens is 1. The molecule has 1 aromatic carbocycles. The number of rotatable bonds is 5. The molecule has 0 saturated carbocycles. The SMILES string of the molecule is COC(=O)C(CSC1Cc2cc(Cl)ccc2C1=O)NC(C)=O. The third-order valence-electron chi connectivity index (χ3n) is 3.36. The molecule has 1 N–H and O–H groups in total. The van der Waals surface area contributed by atoms with Gasteiger partial charge >= 0.3 is 5.97 Å². The summed E-state index contributed by atoms with van der Waals surface area (Å²) >= 11 is 7.28. The monoisotopic (exact) mass is 341 g/mol. The number of esters is 1. The van der Waals surface area contributed by atoms with Crippen molar-refractivity contribution in [2.45, 2.75) is 24.6 Å². The molecule has 118 valence electrons. The summed E-state index contributed by atoms with van der Waals surface area (Å²) in [5, 5.41) is 2.86. The van der Waals surface area contributed by atoms with Crippen LogP contribution in [0.1, 0.15) is 22.8 Å². The highest BCUT2D eigenvalue weighted by atomic mass is 35.5. The van der Waals surface area contributed by atoms with Crippen molar-refractivity contribution in [3.05, 3.63) is 34.3 Å². The summed E-state index contributed by atoms with van der Waals surface area (Å²) in [7, 11) is 1.26. The van der Waals surface area contributed by atoms with E-state index in [0.29, 0.717) is 17.0 Å². The van der Waals surface area contributed by atoms with Crippen LogP contribution in [0.2, 0.25) is 5.02 Å². The highest BCUT2D eigenvalue weighted by Crippen LogP contribution is 2.32. The van der Waals surface area contributed by atoms with E-state index in [2.05, 4.69) is 10.1 Å². The van der Waals surface area contributed by atoms with Crippen LogP contribution in [0.15, 0.2) is 18.2 Å². The quantitative estimate of drug-likeness (QED) is 0.828. The fourth-order valence-electron chi connectivity index (χ4n) is 2.34. The van der Waals surface area contributed by atoms with Gasteiger partial charge in [-0.2, -0.15) is 0 Å². The van der Waals surface area contributed by atoms with Gasteiger partial charge < -0.3 is 10.1 Å². The van der Waals surface area contributed by atoms with Crippen molar-refractivity contribution < 1.29 is 19.1 Å². The van der Waals surface area contributed by atoms with Gasteiger partial charge in [-0.1, -0.05) is 11.6 Å². The Labute approximate surface area is 137 Å². The molecule has 0 radical (unpaired) electrons. The molecule has 22 heavy (non-hydrogen) atoms. The van der Waals surface area contributed by atoms with Crippen molar-refractivity contribution >= 4 is 41.0 Å². The average Bonchev–Trinajstić information content (AvgIpc) is 2.78. The summed E-state index contributed by atoms with van der Waals surface area (Å²) in [6.07, 6.45) is 0.577. The second-order valence-electron chi connectivity index (χ2n) is 4.97. The number of ether oxygens (including phenoxy) is 1. The van der Waals surface area contributed by atoms with Gasteiger partial charge in [-0.3, -0.25) is 9.59 Å². The molecule has 2 rings (SSSR count). The van der Waals surface area contributed by atoms with Crippen LogP contribution in [-0.2, 0) is 20.7 Å². The molecule has 5 nitrogen and oxygen atoms in total. The van der Waals surface area contributed by atoms with Crippen LogP contribution in [0.5, 0.6) is 0 Å². The van der Waals surface area contributed by atoms with Gasteiger partial charge in [0.2, 0.25) is 5.91 Å². The van der Waals surface area contributed by atoms with Gasteiger partial charge in [0.05, 0.1) is 12.4 Å². The Balaban J connectivity index is 2.01. The van der Waals surface area contributed by atoms with E-state index in [9.17, 15) is 14.4 Å². The van der Waals surface area contributed by atoms with Crippen molar-refractivity contribution in [2.24, 2.45) is 0 Å². The summed E-state index contributed by atoms with van der Waals surface area (Å²) in [4.78, 5) is 35.1. The van der Waals surface area contributed by atoms with Gasteiger partial charge in [0.15, 0.2) is 5.78 Å². The third-order valence-corrected chi connectivity index (χ3v) is 4.90. The van der Waals surface area contributed by atoms with Crippen molar-refractivity contribution in [3.8, 4) is 0 Å². The molecular formula is C15H16ClNO4S. The van der Waals surface area contributed by atoms with E-state index in [1.165, 1.54) is 25.8 Å². The Kier molecular flexibility index (Phi) is 5.47. The lowest BCUT2D eigenvalue weighted by Crippen LogP contribution is -2.42. The molecule has 1 aliphatic carbocycles. The first-order chi connectivity index (χ1) is 10.4. The fraction of sp³-hybridized carbons (Fsp3) is 0.400. The van der Waals surface area contributed by atoms with Crippen molar-refractivity contribution in [2.75, 3.05) is 12.9 Å². The van der Waals surface area contributed by atoms with E-state index >= 15 is 0 Å². The predicted molar refractivity (Wildman–Crippen MR) is 85.4 cm³/mol. The molecule has 0 spiro atoms. The molecule has 0 fully saturated rings. The minimum absolute atomic E-state index is 0.0307. The second kappa shape index (κ2) is 7.15. The van der Waals surface area contributed by atoms with Crippen LogP contribution in [-0.4, -0.2) is 41.8 Å². The van der Waals surface area contributed by atoms with E-state index in [-0.39, 0.29) is 22.7 Å². The van der Waals surface area contributed by atoms with Gasteiger partial charge in [-0.15, -0.1) is 11.8 Å². The molecule has 0 aromatic heterocycles. The topological polar surface area (TPSA) is 72.5 Å². The molecule has 0 heterocycles. The smallest absolute Gasteiger partial charge is 0.329 e. The number of nitrogens with one attached hydrogen (secondary N) is 1. The van der Waals surface area contributed by atoms with E-state index in [4.69, 9.17) is 11.6 Å². The van der Waals surface area contributed by atoms with Crippen LogP contribution in [0.3, 0.4) is 0 Å². The lowest BCUT2D eigenvalue weighted by Gasteiger charge is -2.16. The number of carbonyl (C=O) groups is 3. The molecule has 7 heteroatoms. The Morgan fingerprint density at radius 2 is 2.23 bits per heavy atom. The van der Waals surface area contributed by atoms with Crippen LogP contribution >= 0.6 is 23.4 Å². The minimum atomic E-state index is -0.757. The minimum Gasteiger partial charge on any atom is -0.467 e. The number of thioether (sulfide) groups is 1. The van der Waals surface area contributed by atoms with E-state index in [0.717, 1.165) is 5.56 Å². The van der Waals surface area contributed by atoms with Crippen LogP contribution in [0.25, 0.3) is 0 Å². The lowest BCUT2D eigenvalue weighted by atomic mass is 10.1. The van der Waals surface area contributed by atoms with E-state index in [1.54, 1.807) is 18.2 Å². The van der Waals surface area contributed by atoms with Crippen molar-refractivity contribution in [3.63, 3.8) is 0 Å². The van der Waals surface area contributed by atoms with Gasteiger partial charge in [0.25, 0.3) is 0 Å². The van der Waals surface area contributed by atoms with Gasteiger partial charge in [-0.25, -0.2) is 4.79 Å². The highest BCUT2D eigenvalue weighted by molar-refractivity contribution is 8.00. The largest absolute Gasteiger partial charge is 0.467 e. The highest BCUT2D eigenvalue weighted by Gasteiger charge is 2.32. The number of hydrogen-bond donors (Lipinski definition) is 1. The van der Waals surface area contributed by atoms with Crippen LogP contribution < -0.4 is 5.32 Å². The molecule has 0 bridgehead atoms. The molecule has 0 saturated heterocycles. The molecule has 2 atom stereocenters. The third kappa shape index (κ3) is 3.81. The summed E-state index contributed by atoms with van der Waals surface area (Å²) in [6.45, 7) is 1.33. The average molecular weight is 342 g/mol. The predicted octanol–water partition coefficient (Wildman–Crippen LogP) is 1.86. The van der Waals surface area contributed by atoms with E-state index in [1.807, 2.05) is 0 Å². The summed E-state index contributed by atoms with van der Waals surface area (Å²) < 4.78 is 4.66. The maximum atomic E-state index is 12.3. The first-order valence-corrected chi connectivity index (χ1v) is 8.14. The first kappa shape index (κ1) is 16.8. The second-order valence-corrected chi connectivity index (χ2v) is 6.64. The summed E-state index contributed by atoms with van der Waals surface area (Å²) in [6, 6.07) is 4.46. The van der Waals surface area contributed by atoms with E-state index < -0.39 is 12.0 Å².